The molecule has 0 saturated heterocycles. The molecule has 8 nitrogen and oxygen atoms in total. The van der Waals surface area contributed by atoms with Gasteiger partial charge in [0, 0.05) is 0 Å². The Bertz CT molecular complexity index is 426. The Balaban J connectivity index is 3.03. The van der Waals surface area contributed by atoms with E-state index < -0.39 is 23.5 Å². The zero-order valence-electron chi connectivity index (χ0n) is 7.33. The second-order valence-electron chi connectivity index (χ2n) is 2.16. The molecular weight excluding hydrogens is 226 g/mol. The van der Waals surface area contributed by atoms with E-state index in [1.807, 2.05) is 0 Å². The average molecular weight is 230 g/mol. The van der Waals surface area contributed by atoms with Gasteiger partial charge in [-0.05, 0) is 11.5 Å². The van der Waals surface area contributed by atoms with Crippen LogP contribution in [-0.4, -0.2) is 39.2 Å². The van der Waals surface area contributed by atoms with Crippen LogP contribution in [-0.2, 0) is 9.53 Å². The molecule has 0 atom stereocenters. The van der Waals surface area contributed by atoms with Crippen LogP contribution in [0.2, 0.25) is 0 Å². The van der Waals surface area contributed by atoms with Crippen molar-refractivity contribution in [2.75, 3.05) is 7.11 Å². The predicted molar refractivity (Wildman–Crippen MR) is 48.8 cm³/mol. The Labute approximate surface area is 87.0 Å². The van der Waals surface area contributed by atoms with E-state index >= 15 is 0 Å². The normalized spacial score (nSPS) is 11.1. The summed E-state index contributed by atoms with van der Waals surface area (Å²) in [6.07, 6.45) is 0. The summed E-state index contributed by atoms with van der Waals surface area (Å²) in [6.45, 7) is 0. The summed E-state index contributed by atoms with van der Waals surface area (Å²) < 4.78 is 7.82. The first-order valence-corrected chi connectivity index (χ1v) is 4.23. The van der Waals surface area contributed by atoms with Gasteiger partial charge < -0.3 is 20.2 Å². The molecule has 1 N–H and O–H groups in total. The van der Waals surface area contributed by atoms with E-state index in [1.54, 1.807) is 0 Å². The van der Waals surface area contributed by atoms with Gasteiger partial charge >= 0.3 is 11.9 Å². The maximum absolute atomic E-state index is 10.9. The Morgan fingerprint density at radius 3 is 2.73 bits per heavy atom. The van der Waals surface area contributed by atoms with E-state index in [-0.39, 0.29) is 5.01 Å². The second kappa shape index (κ2) is 4.46. The minimum absolute atomic E-state index is 0.144. The molecule has 0 aliphatic rings. The van der Waals surface area contributed by atoms with Crippen LogP contribution in [0.4, 0.5) is 0 Å². The van der Waals surface area contributed by atoms with Crippen molar-refractivity contribution >= 4 is 29.2 Å². The summed E-state index contributed by atoms with van der Waals surface area (Å²) in [7, 11) is 1.14. The molecule has 15 heavy (non-hydrogen) atoms. The lowest BCUT2D eigenvalue weighted by Gasteiger charge is -1.97. The van der Waals surface area contributed by atoms with E-state index in [0.29, 0.717) is 11.5 Å². The quantitative estimate of drug-likeness (QED) is 0.429. The molecule has 1 heterocycles. The van der Waals surface area contributed by atoms with Crippen LogP contribution in [0.1, 0.15) is 15.6 Å². The van der Waals surface area contributed by atoms with Crippen molar-refractivity contribution in [3.8, 4) is 0 Å². The fraction of sp³-hybridized carbons (Fsp3) is 0.167. The van der Waals surface area contributed by atoms with Crippen LogP contribution in [0.25, 0.3) is 0 Å². The van der Waals surface area contributed by atoms with E-state index in [2.05, 4.69) is 19.3 Å². The number of carbonyl (C=O) groups excluding carboxylic acids is 1. The van der Waals surface area contributed by atoms with Crippen molar-refractivity contribution in [1.29, 1.82) is 0 Å². The highest BCUT2D eigenvalue weighted by molar-refractivity contribution is 7.07. The van der Waals surface area contributed by atoms with E-state index in [9.17, 15) is 14.8 Å². The van der Waals surface area contributed by atoms with Gasteiger partial charge in [-0.25, -0.2) is 14.6 Å². The fourth-order valence-electron chi connectivity index (χ4n) is 0.665. The number of ether oxygens (including phenoxy) is 1. The molecule has 0 aliphatic carbocycles. The molecule has 9 heteroatoms. The molecule has 1 rings (SSSR count). The van der Waals surface area contributed by atoms with E-state index in [1.165, 1.54) is 0 Å². The van der Waals surface area contributed by atoms with Crippen LogP contribution in [0.15, 0.2) is 5.16 Å². The van der Waals surface area contributed by atoms with Crippen molar-refractivity contribution in [1.82, 2.24) is 9.36 Å². The lowest BCUT2D eigenvalue weighted by atomic mass is 10.4. The number of methoxy groups -OCH3 is 1. The minimum Gasteiger partial charge on any atom is -0.791 e. The van der Waals surface area contributed by atoms with Gasteiger partial charge in [0.25, 0.3) is 0 Å². The van der Waals surface area contributed by atoms with Gasteiger partial charge in [0.05, 0.1) is 7.11 Å². The number of aromatic nitrogens is 2. The summed E-state index contributed by atoms with van der Waals surface area (Å²) in [5, 5.41) is 20.8. The fourth-order valence-corrected chi connectivity index (χ4v) is 1.25. The third-order valence-corrected chi connectivity index (χ3v) is 1.99. The summed E-state index contributed by atoms with van der Waals surface area (Å²) in [5.74, 6) is -2.71. The summed E-state index contributed by atoms with van der Waals surface area (Å²) in [6, 6.07) is 0. The number of hydrogen-bond donors (Lipinski definition) is 1. The van der Waals surface area contributed by atoms with Crippen molar-refractivity contribution in [3.05, 3.63) is 16.0 Å². The van der Waals surface area contributed by atoms with Crippen LogP contribution >= 0.6 is 11.5 Å². The molecule has 0 aromatic carbocycles. The van der Waals surface area contributed by atoms with Crippen molar-refractivity contribution in [2.45, 2.75) is 0 Å². The molecular formula is C6H4N3O5S-. The lowest BCUT2D eigenvalue weighted by Crippen LogP contribution is -2.16. The van der Waals surface area contributed by atoms with Gasteiger partial charge in [-0.3, -0.25) is 0 Å². The number of carboxylic acids is 1. The van der Waals surface area contributed by atoms with Crippen LogP contribution in [0.5, 0.6) is 0 Å². The molecule has 0 spiro atoms. The van der Waals surface area contributed by atoms with Crippen molar-refractivity contribution < 1.29 is 19.4 Å². The van der Waals surface area contributed by atoms with Crippen molar-refractivity contribution in [3.63, 3.8) is 0 Å². The molecule has 80 valence electrons. The molecule has 0 saturated carbocycles. The Hall–Kier alpha value is -2.03. The first kappa shape index (κ1) is 11.0. The van der Waals surface area contributed by atoms with Crippen LogP contribution < -0.4 is 0 Å². The Kier molecular flexibility index (Phi) is 3.29. The first-order valence-electron chi connectivity index (χ1n) is 3.46. The number of esters is 1. The number of nitrogens with zero attached hydrogens (tertiary/aromatic N) is 3. The van der Waals surface area contributed by atoms with Crippen LogP contribution in [0.3, 0.4) is 0 Å². The van der Waals surface area contributed by atoms with Gasteiger partial charge in [0.15, 0.2) is 11.5 Å². The Morgan fingerprint density at radius 2 is 2.27 bits per heavy atom. The van der Waals surface area contributed by atoms with E-state index in [0.717, 1.165) is 7.11 Å². The van der Waals surface area contributed by atoms with Gasteiger partial charge in [0.2, 0.25) is 5.01 Å². The molecule has 0 bridgehead atoms. The second-order valence-corrected chi connectivity index (χ2v) is 2.91. The monoisotopic (exact) mass is 230 g/mol. The largest absolute Gasteiger partial charge is 0.791 e. The number of hydrogen-bond acceptors (Lipinski definition) is 8. The lowest BCUT2D eigenvalue weighted by molar-refractivity contribution is -0.129. The maximum Gasteiger partial charge on any atom is 0.368 e. The van der Waals surface area contributed by atoms with Gasteiger partial charge in [-0.2, -0.15) is 4.37 Å². The highest BCUT2D eigenvalue weighted by Crippen LogP contribution is 2.07. The molecule has 0 unspecified atom stereocenters. The summed E-state index contributed by atoms with van der Waals surface area (Å²) in [5.41, 5.74) is -0.846. The molecule has 0 amide bonds. The Morgan fingerprint density at radius 1 is 1.60 bits per heavy atom. The van der Waals surface area contributed by atoms with E-state index in [4.69, 9.17) is 5.11 Å². The maximum atomic E-state index is 10.9. The summed E-state index contributed by atoms with van der Waals surface area (Å²) >= 11 is 0.625. The highest BCUT2D eigenvalue weighted by atomic mass is 32.1. The SMILES string of the molecule is COC(=O)c1nc(/C(=N/[O-])C(=O)O)ns1. The summed E-state index contributed by atoms with van der Waals surface area (Å²) in [4.78, 5) is 24.9. The molecule has 0 fully saturated rings. The van der Waals surface area contributed by atoms with Crippen LogP contribution in [0, 0.1) is 5.21 Å². The van der Waals surface area contributed by atoms with Gasteiger partial charge in [-0.15, -0.1) is 0 Å². The zero-order valence-corrected chi connectivity index (χ0v) is 8.15. The number of aliphatic carboxylic acids is 1. The third-order valence-electron chi connectivity index (χ3n) is 1.29. The standard InChI is InChI=1S/C6H5N3O5S/c1-14-6(12)4-7-3(9-15-4)2(8-13)5(10)11/h13H,1H3,(H,10,11)/p-1/b8-2-. The minimum atomic E-state index is -1.56. The number of carbonyl (C=O) groups is 2. The average Bonchev–Trinajstić information content (AvgIpc) is 2.66. The highest BCUT2D eigenvalue weighted by Gasteiger charge is 2.19. The number of rotatable bonds is 3. The van der Waals surface area contributed by atoms with Crippen molar-refractivity contribution in [2.24, 2.45) is 5.16 Å². The first-order chi connectivity index (χ1) is 7.10. The molecule has 0 aliphatic heterocycles. The predicted octanol–water partition coefficient (Wildman–Crippen LogP) is -0.304. The number of carboxylic acid groups (broad SMARTS) is 1. The smallest absolute Gasteiger partial charge is 0.368 e. The van der Waals surface area contributed by atoms with Gasteiger partial charge in [0.1, 0.15) is 0 Å². The van der Waals surface area contributed by atoms with Gasteiger partial charge in [-0.1, -0.05) is 0 Å². The zero-order chi connectivity index (χ0) is 11.4. The molecule has 1 aromatic heterocycles. The molecule has 1 aromatic rings. The molecule has 0 radical (unpaired) electrons. The topological polar surface area (TPSA) is 125 Å². The third kappa shape index (κ3) is 2.26.